The standard InChI is InChI=1S/C21H27NO3S/c1-6-26(24,25)22(20-13-9-18(10-14-20)16(2)23)15-17-7-11-19(12-8-17)21(3,4)5/h7-14H,6,15H2,1-5H3. The largest absolute Gasteiger partial charge is 0.295 e. The summed E-state index contributed by atoms with van der Waals surface area (Å²) in [7, 11) is -3.43. The SMILES string of the molecule is CCS(=O)(=O)N(Cc1ccc(C(C)(C)C)cc1)c1ccc(C(C)=O)cc1. The van der Waals surface area contributed by atoms with Gasteiger partial charge in [0.2, 0.25) is 10.0 Å². The average Bonchev–Trinajstić information content (AvgIpc) is 2.59. The van der Waals surface area contributed by atoms with Crippen LogP contribution in [-0.4, -0.2) is 20.0 Å². The zero-order valence-electron chi connectivity index (χ0n) is 16.1. The van der Waals surface area contributed by atoms with Gasteiger partial charge in [0.05, 0.1) is 18.0 Å². The number of hydrogen-bond donors (Lipinski definition) is 0. The number of ketones is 1. The van der Waals surface area contributed by atoms with Crippen molar-refractivity contribution in [1.29, 1.82) is 0 Å². The maximum Gasteiger partial charge on any atom is 0.235 e. The van der Waals surface area contributed by atoms with Gasteiger partial charge in [-0.15, -0.1) is 0 Å². The first kappa shape index (κ1) is 20.2. The number of rotatable bonds is 6. The Hall–Kier alpha value is -2.14. The van der Waals surface area contributed by atoms with Crippen molar-refractivity contribution in [3.63, 3.8) is 0 Å². The van der Waals surface area contributed by atoms with E-state index in [9.17, 15) is 13.2 Å². The molecule has 2 aromatic rings. The molecule has 0 heterocycles. The van der Waals surface area contributed by atoms with Gasteiger partial charge in [-0.05, 0) is 54.7 Å². The summed E-state index contributed by atoms with van der Waals surface area (Å²) in [6, 6.07) is 14.7. The molecule has 2 rings (SSSR count). The van der Waals surface area contributed by atoms with Crippen molar-refractivity contribution in [3.8, 4) is 0 Å². The zero-order chi connectivity index (χ0) is 19.5. The maximum atomic E-state index is 12.6. The fourth-order valence-corrected chi connectivity index (χ4v) is 3.74. The summed E-state index contributed by atoms with van der Waals surface area (Å²) in [6.45, 7) is 9.83. The molecular weight excluding hydrogens is 346 g/mol. The van der Waals surface area contributed by atoms with E-state index in [2.05, 4.69) is 20.8 Å². The van der Waals surface area contributed by atoms with Crippen LogP contribution in [0.1, 0.15) is 56.1 Å². The Morgan fingerprint density at radius 2 is 1.50 bits per heavy atom. The number of carbonyl (C=O) groups excluding carboxylic acids is 1. The molecule has 0 unspecified atom stereocenters. The fraction of sp³-hybridized carbons (Fsp3) is 0.381. The van der Waals surface area contributed by atoms with Crippen LogP contribution >= 0.6 is 0 Å². The van der Waals surface area contributed by atoms with Gasteiger partial charge >= 0.3 is 0 Å². The molecule has 0 saturated heterocycles. The lowest BCUT2D eigenvalue weighted by atomic mass is 9.87. The third kappa shape index (κ3) is 4.73. The lowest BCUT2D eigenvalue weighted by Gasteiger charge is -2.25. The molecule has 0 N–H and O–H groups in total. The van der Waals surface area contributed by atoms with Gasteiger partial charge in [-0.3, -0.25) is 9.10 Å². The molecule has 0 radical (unpaired) electrons. The maximum absolute atomic E-state index is 12.6. The summed E-state index contributed by atoms with van der Waals surface area (Å²) in [5.41, 5.74) is 3.31. The molecular formula is C21H27NO3S. The smallest absolute Gasteiger partial charge is 0.235 e. The average molecular weight is 374 g/mol. The van der Waals surface area contributed by atoms with Gasteiger partial charge in [0, 0.05) is 5.56 Å². The van der Waals surface area contributed by atoms with E-state index < -0.39 is 10.0 Å². The normalized spacial score (nSPS) is 12.0. The van der Waals surface area contributed by atoms with Gasteiger partial charge in [-0.2, -0.15) is 0 Å². The number of Topliss-reactive ketones (excluding diaryl/α,β-unsaturated/α-hetero) is 1. The number of benzene rings is 2. The lowest BCUT2D eigenvalue weighted by Crippen LogP contribution is -2.31. The van der Waals surface area contributed by atoms with Crippen LogP contribution in [0.15, 0.2) is 48.5 Å². The third-order valence-corrected chi connectivity index (χ3v) is 6.15. The van der Waals surface area contributed by atoms with Crippen LogP contribution in [0.4, 0.5) is 5.69 Å². The van der Waals surface area contributed by atoms with Crippen LogP contribution in [-0.2, 0) is 22.0 Å². The molecule has 26 heavy (non-hydrogen) atoms. The van der Waals surface area contributed by atoms with Gasteiger partial charge in [-0.1, -0.05) is 45.0 Å². The van der Waals surface area contributed by atoms with Gasteiger partial charge in [0.1, 0.15) is 0 Å². The van der Waals surface area contributed by atoms with Crippen molar-refractivity contribution in [3.05, 3.63) is 65.2 Å². The summed E-state index contributed by atoms with van der Waals surface area (Å²) in [5.74, 6) is -0.0270. The summed E-state index contributed by atoms with van der Waals surface area (Å²) >= 11 is 0. The van der Waals surface area contributed by atoms with Crippen LogP contribution in [0, 0.1) is 0 Å². The summed E-state index contributed by atoms with van der Waals surface area (Å²) < 4.78 is 26.6. The van der Waals surface area contributed by atoms with Crippen LogP contribution in [0.3, 0.4) is 0 Å². The minimum absolute atomic E-state index is 0.0154. The van der Waals surface area contributed by atoms with Crippen molar-refractivity contribution in [2.45, 2.75) is 46.6 Å². The molecule has 0 aromatic heterocycles. The third-order valence-electron chi connectivity index (χ3n) is 4.41. The second-order valence-electron chi connectivity index (χ2n) is 7.46. The monoisotopic (exact) mass is 373 g/mol. The van der Waals surface area contributed by atoms with E-state index in [1.807, 2.05) is 24.3 Å². The second-order valence-corrected chi connectivity index (χ2v) is 9.64. The number of anilines is 1. The quantitative estimate of drug-likeness (QED) is 0.698. The van der Waals surface area contributed by atoms with Crippen molar-refractivity contribution in [2.75, 3.05) is 10.1 Å². The Morgan fingerprint density at radius 1 is 0.962 bits per heavy atom. The molecule has 0 aliphatic carbocycles. The van der Waals surface area contributed by atoms with E-state index in [-0.39, 0.29) is 23.5 Å². The topological polar surface area (TPSA) is 54.5 Å². The van der Waals surface area contributed by atoms with E-state index >= 15 is 0 Å². The highest BCUT2D eigenvalue weighted by molar-refractivity contribution is 7.92. The van der Waals surface area contributed by atoms with Gasteiger partial charge < -0.3 is 0 Å². The van der Waals surface area contributed by atoms with E-state index in [1.165, 1.54) is 16.8 Å². The molecule has 0 aliphatic rings. The van der Waals surface area contributed by atoms with Crippen molar-refractivity contribution in [2.24, 2.45) is 0 Å². The number of sulfonamides is 1. The summed E-state index contributed by atoms with van der Waals surface area (Å²) in [6.07, 6.45) is 0. The van der Waals surface area contributed by atoms with Crippen molar-refractivity contribution < 1.29 is 13.2 Å². The summed E-state index contributed by atoms with van der Waals surface area (Å²) in [5, 5.41) is 0. The molecule has 140 valence electrons. The fourth-order valence-electron chi connectivity index (χ4n) is 2.64. The number of nitrogens with zero attached hydrogens (tertiary/aromatic N) is 1. The molecule has 0 bridgehead atoms. The highest BCUT2D eigenvalue weighted by Crippen LogP contribution is 2.25. The number of hydrogen-bond acceptors (Lipinski definition) is 3. The predicted molar refractivity (Wildman–Crippen MR) is 107 cm³/mol. The Kier molecular flexibility index (Phi) is 5.91. The van der Waals surface area contributed by atoms with Crippen LogP contribution < -0.4 is 4.31 Å². The molecule has 2 aromatic carbocycles. The van der Waals surface area contributed by atoms with Gasteiger partial charge in [0.25, 0.3) is 0 Å². The molecule has 5 heteroatoms. The van der Waals surface area contributed by atoms with E-state index in [4.69, 9.17) is 0 Å². The van der Waals surface area contributed by atoms with Crippen LogP contribution in [0.5, 0.6) is 0 Å². The van der Waals surface area contributed by atoms with Crippen LogP contribution in [0.25, 0.3) is 0 Å². The molecule has 0 atom stereocenters. The second kappa shape index (κ2) is 7.62. The Balaban J connectivity index is 2.36. The van der Waals surface area contributed by atoms with Crippen molar-refractivity contribution in [1.82, 2.24) is 0 Å². The first-order valence-electron chi connectivity index (χ1n) is 8.75. The highest BCUT2D eigenvalue weighted by Gasteiger charge is 2.21. The van der Waals surface area contributed by atoms with Gasteiger partial charge in [-0.25, -0.2) is 8.42 Å². The molecule has 0 amide bonds. The Labute approximate surface area is 156 Å². The molecule has 0 aliphatic heterocycles. The minimum atomic E-state index is -3.43. The molecule has 0 spiro atoms. The Bertz CT molecular complexity index is 861. The molecule has 4 nitrogen and oxygen atoms in total. The Morgan fingerprint density at radius 3 is 1.92 bits per heavy atom. The van der Waals surface area contributed by atoms with Gasteiger partial charge in [0.15, 0.2) is 5.78 Å². The zero-order valence-corrected chi connectivity index (χ0v) is 16.9. The molecule has 0 saturated carbocycles. The number of carbonyl (C=O) groups is 1. The van der Waals surface area contributed by atoms with E-state index in [0.29, 0.717) is 11.3 Å². The minimum Gasteiger partial charge on any atom is -0.295 e. The van der Waals surface area contributed by atoms with Crippen molar-refractivity contribution >= 4 is 21.5 Å². The first-order chi connectivity index (χ1) is 12.0. The lowest BCUT2D eigenvalue weighted by molar-refractivity contribution is 0.101. The van der Waals surface area contributed by atoms with E-state index in [0.717, 1.165) is 5.56 Å². The van der Waals surface area contributed by atoms with E-state index in [1.54, 1.807) is 31.2 Å². The summed E-state index contributed by atoms with van der Waals surface area (Å²) in [4.78, 5) is 11.5. The van der Waals surface area contributed by atoms with Crippen LogP contribution in [0.2, 0.25) is 0 Å². The first-order valence-corrected chi connectivity index (χ1v) is 10.4. The highest BCUT2D eigenvalue weighted by atomic mass is 32.2. The predicted octanol–water partition coefficient (Wildman–Crippen LogP) is 4.54. The molecule has 0 fully saturated rings.